The Bertz CT molecular complexity index is 243. The minimum atomic E-state index is -0.0875. The van der Waals surface area contributed by atoms with E-state index in [1.54, 1.807) is 12.1 Å². The molecule has 0 radical (unpaired) electrons. The number of aryl methyl sites for hydroxylation is 1. The van der Waals surface area contributed by atoms with Gasteiger partial charge in [-0.3, -0.25) is 0 Å². The summed E-state index contributed by atoms with van der Waals surface area (Å²) in [4.78, 5) is 0. The fourth-order valence-corrected chi connectivity index (χ4v) is 1.13. The standard InChI is InChI=1S/C9H12O2/c1-2-7-4-3-5-9(11)8(7)6-10/h3-5,10-11H,2,6H2,1H3. The van der Waals surface area contributed by atoms with Gasteiger partial charge in [-0.1, -0.05) is 19.1 Å². The van der Waals surface area contributed by atoms with Crippen LogP contribution in [0.15, 0.2) is 18.2 Å². The van der Waals surface area contributed by atoms with E-state index in [-0.39, 0.29) is 12.4 Å². The molecule has 0 fully saturated rings. The molecule has 1 aromatic carbocycles. The molecule has 0 spiro atoms. The van der Waals surface area contributed by atoms with Gasteiger partial charge in [-0.15, -0.1) is 0 Å². The maximum Gasteiger partial charge on any atom is 0.121 e. The van der Waals surface area contributed by atoms with E-state index >= 15 is 0 Å². The molecule has 0 atom stereocenters. The molecule has 11 heavy (non-hydrogen) atoms. The van der Waals surface area contributed by atoms with Crippen molar-refractivity contribution in [2.45, 2.75) is 20.0 Å². The molecule has 2 heteroatoms. The quantitative estimate of drug-likeness (QED) is 0.673. The fraction of sp³-hybridized carbons (Fsp3) is 0.333. The van der Waals surface area contributed by atoms with E-state index in [1.165, 1.54) is 0 Å². The minimum Gasteiger partial charge on any atom is -0.508 e. The second-order valence-electron chi connectivity index (χ2n) is 2.43. The van der Waals surface area contributed by atoms with E-state index in [4.69, 9.17) is 5.11 Å². The number of hydrogen-bond acceptors (Lipinski definition) is 2. The summed E-state index contributed by atoms with van der Waals surface area (Å²) in [5.74, 6) is 0.187. The van der Waals surface area contributed by atoms with Gasteiger partial charge >= 0.3 is 0 Å². The lowest BCUT2D eigenvalue weighted by Crippen LogP contribution is -1.91. The average Bonchev–Trinajstić information content (AvgIpc) is 2.04. The van der Waals surface area contributed by atoms with E-state index in [2.05, 4.69) is 0 Å². The summed E-state index contributed by atoms with van der Waals surface area (Å²) in [6.45, 7) is 1.91. The molecule has 0 saturated heterocycles. The molecule has 0 aliphatic heterocycles. The molecule has 0 heterocycles. The van der Waals surface area contributed by atoms with Gasteiger partial charge in [0.2, 0.25) is 0 Å². The zero-order chi connectivity index (χ0) is 8.27. The highest BCUT2D eigenvalue weighted by Crippen LogP contribution is 2.20. The average molecular weight is 152 g/mol. The molecule has 0 saturated carbocycles. The molecule has 0 aliphatic carbocycles. The van der Waals surface area contributed by atoms with Crippen molar-refractivity contribution in [3.8, 4) is 5.75 Å². The fourth-order valence-electron chi connectivity index (χ4n) is 1.13. The van der Waals surface area contributed by atoms with Gasteiger partial charge in [0.05, 0.1) is 6.61 Å². The number of rotatable bonds is 2. The minimum absolute atomic E-state index is 0.0875. The normalized spacial score (nSPS) is 10.0. The van der Waals surface area contributed by atoms with Crippen LogP contribution in [0, 0.1) is 0 Å². The van der Waals surface area contributed by atoms with Crippen LogP contribution in [0.5, 0.6) is 5.75 Å². The van der Waals surface area contributed by atoms with Crippen LogP contribution in [0.1, 0.15) is 18.1 Å². The van der Waals surface area contributed by atoms with Gasteiger partial charge < -0.3 is 10.2 Å². The lowest BCUT2D eigenvalue weighted by molar-refractivity contribution is 0.274. The Labute approximate surface area is 66.1 Å². The predicted octanol–water partition coefficient (Wildman–Crippen LogP) is 1.45. The molecule has 0 unspecified atom stereocenters. The maximum atomic E-state index is 9.26. The van der Waals surface area contributed by atoms with Gasteiger partial charge in [0.25, 0.3) is 0 Å². The lowest BCUT2D eigenvalue weighted by atomic mass is 10.1. The van der Waals surface area contributed by atoms with Crippen LogP contribution < -0.4 is 0 Å². The second-order valence-corrected chi connectivity index (χ2v) is 2.43. The van der Waals surface area contributed by atoms with Crippen molar-refractivity contribution >= 4 is 0 Å². The highest BCUT2D eigenvalue weighted by Gasteiger charge is 2.03. The smallest absolute Gasteiger partial charge is 0.121 e. The number of phenols is 1. The number of aliphatic hydroxyl groups is 1. The molecule has 0 bridgehead atoms. The SMILES string of the molecule is CCc1cccc(O)c1CO. The van der Waals surface area contributed by atoms with Crippen LogP contribution in [0.2, 0.25) is 0 Å². The summed E-state index contributed by atoms with van der Waals surface area (Å²) in [5, 5.41) is 18.1. The van der Waals surface area contributed by atoms with E-state index in [1.807, 2.05) is 13.0 Å². The summed E-state index contributed by atoms with van der Waals surface area (Å²) in [6, 6.07) is 5.28. The van der Waals surface area contributed by atoms with Crippen molar-refractivity contribution in [2.75, 3.05) is 0 Å². The lowest BCUT2D eigenvalue weighted by Gasteiger charge is -2.05. The molecule has 0 amide bonds. The third kappa shape index (κ3) is 1.52. The zero-order valence-electron chi connectivity index (χ0n) is 6.54. The van der Waals surface area contributed by atoms with E-state index in [0.717, 1.165) is 12.0 Å². The molecule has 1 rings (SSSR count). The van der Waals surface area contributed by atoms with Crippen molar-refractivity contribution in [1.29, 1.82) is 0 Å². The summed E-state index contributed by atoms with van der Waals surface area (Å²) in [7, 11) is 0. The van der Waals surface area contributed by atoms with Gasteiger partial charge in [0.1, 0.15) is 5.75 Å². The summed E-state index contributed by atoms with van der Waals surface area (Å²) >= 11 is 0. The summed E-state index contributed by atoms with van der Waals surface area (Å²) < 4.78 is 0. The van der Waals surface area contributed by atoms with E-state index in [0.29, 0.717) is 5.56 Å². The first kappa shape index (κ1) is 8.08. The number of aromatic hydroxyl groups is 1. The van der Waals surface area contributed by atoms with Gasteiger partial charge in [0.15, 0.2) is 0 Å². The zero-order valence-corrected chi connectivity index (χ0v) is 6.54. The van der Waals surface area contributed by atoms with Crippen molar-refractivity contribution in [1.82, 2.24) is 0 Å². The Balaban J connectivity index is 3.13. The Morgan fingerprint density at radius 2 is 2.09 bits per heavy atom. The molecular weight excluding hydrogens is 140 g/mol. The van der Waals surface area contributed by atoms with Crippen molar-refractivity contribution in [3.63, 3.8) is 0 Å². The van der Waals surface area contributed by atoms with Gasteiger partial charge in [0, 0.05) is 5.56 Å². The van der Waals surface area contributed by atoms with Crippen LogP contribution in [-0.4, -0.2) is 10.2 Å². The topological polar surface area (TPSA) is 40.5 Å². The van der Waals surface area contributed by atoms with Gasteiger partial charge in [-0.25, -0.2) is 0 Å². The van der Waals surface area contributed by atoms with Crippen molar-refractivity contribution in [2.24, 2.45) is 0 Å². The Morgan fingerprint density at radius 3 is 2.55 bits per heavy atom. The number of aliphatic hydroxyl groups excluding tert-OH is 1. The molecular formula is C9H12O2. The highest BCUT2D eigenvalue weighted by molar-refractivity contribution is 5.38. The van der Waals surface area contributed by atoms with Crippen molar-refractivity contribution < 1.29 is 10.2 Å². The first-order valence-corrected chi connectivity index (χ1v) is 3.70. The van der Waals surface area contributed by atoms with Crippen LogP contribution in [-0.2, 0) is 13.0 Å². The van der Waals surface area contributed by atoms with Crippen LogP contribution in [0.25, 0.3) is 0 Å². The van der Waals surface area contributed by atoms with Gasteiger partial charge in [-0.05, 0) is 18.1 Å². The van der Waals surface area contributed by atoms with Crippen molar-refractivity contribution in [3.05, 3.63) is 29.3 Å². The molecule has 0 aliphatic rings. The monoisotopic (exact) mass is 152 g/mol. The first-order valence-electron chi connectivity index (χ1n) is 3.70. The van der Waals surface area contributed by atoms with Crippen LogP contribution in [0.4, 0.5) is 0 Å². The Hall–Kier alpha value is -1.02. The Kier molecular flexibility index (Phi) is 2.49. The molecule has 1 aromatic rings. The van der Waals surface area contributed by atoms with Crippen LogP contribution >= 0.6 is 0 Å². The number of hydrogen-bond donors (Lipinski definition) is 2. The molecule has 0 aromatic heterocycles. The second kappa shape index (κ2) is 3.39. The largest absolute Gasteiger partial charge is 0.508 e. The number of benzene rings is 1. The third-order valence-electron chi connectivity index (χ3n) is 1.79. The third-order valence-corrected chi connectivity index (χ3v) is 1.79. The van der Waals surface area contributed by atoms with Crippen LogP contribution in [0.3, 0.4) is 0 Å². The molecule has 60 valence electrons. The van der Waals surface area contributed by atoms with Gasteiger partial charge in [-0.2, -0.15) is 0 Å². The van der Waals surface area contributed by atoms with E-state index in [9.17, 15) is 5.11 Å². The summed E-state index contributed by atoms with van der Waals surface area (Å²) in [6.07, 6.45) is 0.838. The maximum absolute atomic E-state index is 9.26. The predicted molar refractivity (Wildman–Crippen MR) is 43.4 cm³/mol. The first-order chi connectivity index (χ1) is 5.29. The highest BCUT2D eigenvalue weighted by atomic mass is 16.3. The summed E-state index contributed by atoms with van der Waals surface area (Å²) in [5.41, 5.74) is 1.66. The molecule has 2 N–H and O–H groups in total. The molecule has 2 nitrogen and oxygen atoms in total. The van der Waals surface area contributed by atoms with E-state index < -0.39 is 0 Å². The Morgan fingerprint density at radius 1 is 1.36 bits per heavy atom.